The van der Waals surface area contributed by atoms with E-state index >= 15 is 0 Å². The third-order valence-corrected chi connectivity index (χ3v) is 5.03. The molecular weight excluding hydrogens is 409 g/mol. The summed E-state index contributed by atoms with van der Waals surface area (Å²) in [6, 6.07) is 5.01. The molecule has 0 aliphatic heterocycles. The van der Waals surface area contributed by atoms with Gasteiger partial charge in [0.15, 0.2) is 0 Å². The van der Waals surface area contributed by atoms with Crippen molar-refractivity contribution in [2.24, 2.45) is 7.05 Å². The quantitative estimate of drug-likeness (QED) is 0.384. The first-order chi connectivity index (χ1) is 13.0. The van der Waals surface area contributed by atoms with Crippen LogP contribution in [0.5, 0.6) is 5.75 Å². The fourth-order valence-electron chi connectivity index (χ4n) is 2.26. The molecule has 27 heavy (non-hydrogen) atoms. The Bertz CT molecular complexity index is 926. The highest BCUT2D eigenvalue weighted by molar-refractivity contribution is 7.13. The number of carbonyl (C=O) groups excluding carboxylic acids is 1. The summed E-state index contributed by atoms with van der Waals surface area (Å²) in [5, 5.41) is 7.84. The lowest BCUT2D eigenvalue weighted by molar-refractivity contribution is -0.145. The Morgan fingerprint density at radius 3 is 2.93 bits per heavy atom. The second-order valence-corrected chi connectivity index (χ2v) is 7.44. The molecule has 0 unspecified atom stereocenters. The number of rotatable bonds is 8. The number of hydrogen-bond donors (Lipinski definition) is 0. The number of aromatic nitrogens is 3. The summed E-state index contributed by atoms with van der Waals surface area (Å²) in [5.41, 5.74) is 1.66. The van der Waals surface area contributed by atoms with Crippen molar-refractivity contribution in [1.29, 1.82) is 0 Å². The van der Waals surface area contributed by atoms with Crippen LogP contribution in [-0.2, 0) is 23.2 Å². The highest BCUT2D eigenvalue weighted by Crippen LogP contribution is 2.27. The Kier molecular flexibility index (Phi) is 6.71. The van der Waals surface area contributed by atoms with Gasteiger partial charge < -0.3 is 9.47 Å². The molecule has 0 bridgehead atoms. The normalized spacial score (nSPS) is 10.8. The molecule has 0 saturated heterocycles. The van der Waals surface area contributed by atoms with Gasteiger partial charge in [0.05, 0.1) is 23.5 Å². The number of esters is 1. The zero-order valence-corrected chi connectivity index (χ0v) is 16.9. The van der Waals surface area contributed by atoms with E-state index in [-0.39, 0.29) is 19.0 Å². The van der Waals surface area contributed by atoms with E-state index in [1.165, 1.54) is 11.3 Å². The first kappa shape index (κ1) is 19.7. The lowest BCUT2D eigenvalue weighted by Gasteiger charge is -2.08. The number of nitrogens with zero attached hydrogens (tertiary/aromatic N) is 3. The lowest BCUT2D eigenvalue weighted by atomic mass is 10.3. The summed E-state index contributed by atoms with van der Waals surface area (Å²) >= 11 is 13.3. The molecule has 0 N–H and O–H groups in total. The summed E-state index contributed by atoms with van der Waals surface area (Å²) < 4.78 is 12.5. The summed E-state index contributed by atoms with van der Waals surface area (Å²) in [7, 11) is 1.85. The van der Waals surface area contributed by atoms with Gasteiger partial charge in [0.1, 0.15) is 17.4 Å². The molecule has 2 aromatic heterocycles. The predicted molar refractivity (Wildman–Crippen MR) is 105 cm³/mol. The number of thiazole rings is 1. The van der Waals surface area contributed by atoms with Crippen LogP contribution in [0.4, 0.5) is 0 Å². The van der Waals surface area contributed by atoms with E-state index in [4.69, 9.17) is 32.7 Å². The summed E-state index contributed by atoms with van der Waals surface area (Å²) in [6.45, 7) is 0.512. The van der Waals surface area contributed by atoms with Gasteiger partial charge >= 0.3 is 5.97 Å². The smallest absolute Gasteiger partial charge is 0.306 e. The highest BCUT2D eigenvalue weighted by atomic mass is 35.5. The van der Waals surface area contributed by atoms with Gasteiger partial charge in [0.2, 0.25) is 0 Å². The van der Waals surface area contributed by atoms with Crippen molar-refractivity contribution in [3.8, 4) is 16.3 Å². The van der Waals surface area contributed by atoms with Crippen molar-refractivity contribution < 1.29 is 14.3 Å². The van der Waals surface area contributed by atoms with Gasteiger partial charge in [-0.1, -0.05) is 23.2 Å². The minimum Gasteiger partial charge on any atom is -0.492 e. The maximum atomic E-state index is 11.9. The minimum atomic E-state index is -0.295. The maximum absolute atomic E-state index is 11.9. The molecule has 2 heterocycles. The van der Waals surface area contributed by atoms with E-state index in [1.54, 1.807) is 29.1 Å². The van der Waals surface area contributed by atoms with E-state index < -0.39 is 0 Å². The number of halogens is 2. The summed E-state index contributed by atoms with van der Waals surface area (Å²) in [4.78, 5) is 16.3. The molecule has 0 amide bonds. The van der Waals surface area contributed by atoms with E-state index in [9.17, 15) is 4.79 Å². The van der Waals surface area contributed by atoms with Crippen molar-refractivity contribution in [2.75, 3.05) is 6.61 Å². The fourth-order valence-corrected chi connectivity index (χ4v) is 3.50. The fraction of sp³-hybridized carbons (Fsp3) is 0.278. The van der Waals surface area contributed by atoms with Gasteiger partial charge in [-0.05, 0) is 24.6 Å². The lowest BCUT2D eigenvalue weighted by Crippen LogP contribution is -2.07. The van der Waals surface area contributed by atoms with Crippen LogP contribution in [-0.4, -0.2) is 27.3 Å². The molecule has 6 nitrogen and oxygen atoms in total. The Labute approximate surface area is 170 Å². The number of ether oxygens (including phenoxy) is 2. The number of benzene rings is 1. The third kappa shape index (κ3) is 5.69. The maximum Gasteiger partial charge on any atom is 0.306 e. The molecule has 0 fully saturated rings. The highest BCUT2D eigenvalue weighted by Gasteiger charge is 2.09. The van der Waals surface area contributed by atoms with Crippen LogP contribution in [0.25, 0.3) is 10.6 Å². The first-order valence-corrected chi connectivity index (χ1v) is 9.82. The van der Waals surface area contributed by atoms with Gasteiger partial charge in [-0.2, -0.15) is 5.10 Å². The molecule has 0 saturated carbocycles. The molecular formula is C18H17Cl2N3O3S. The van der Waals surface area contributed by atoms with Crippen LogP contribution in [0.3, 0.4) is 0 Å². The SMILES string of the molecule is Cn1cc(-c2nc(COC(=O)CCCOc3ccc(Cl)cc3Cl)cs2)cn1. The number of aryl methyl sites for hydroxylation is 1. The largest absolute Gasteiger partial charge is 0.492 e. The molecule has 142 valence electrons. The van der Waals surface area contributed by atoms with Crippen LogP contribution in [0.2, 0.25) is 10.0 Å². The Hall–Kier alpha value is -2.09. The van der Waals surface area contributed by atoms with Crippen molar-refractivity contribution in [3.05, 3.63) is 51.7 Å². The average Bonchev–Trinajstić information content (AvgIpc) is 3.27. The molecule has 0 aliphatic rings. The van der Waals surface area contributed by atoms with Gasteiger partial charge in [0.25, 0.3) is 0 Å². The molecule has 3 rings (SSSR count). The van der Waals surface area contributed by atoms with E-state index in [1.807, 2.05) is 18.6 Å². The zero-order chi connectivity index (χ0) is 19.2. The Morgan fingerprint density at radius 1 is 1.33 bits per heavy atom. The number of hydrogen-bond acceptors (Lipinski definition) is 6. The predicted octanol–water partition coefficient (Wildman–Crippen LogP) is 4.75. The van der Waals surface area contributed by atoms with Crippen molar-refractivity contribution in [3.63, 3.8) is 0 Å². The molecule has 3 aromatic rings. The molecule has 9 heteroatoms. The number of carbonyl (C=O) groups is 1. The van der Waals surface area contributed by atoms with Gasteiger partial charge in [-0.15, -0.1) is 11.3 Å². The molecule has 0 radical (unpaired) electrons. The average molecular weight is 426 g/mol. The van der Waals surface area contributed by atoms with Crippen LogP contribution in [0.15, 0.2) is 36.0 Å². The first-order valence-electron chi connectivity index (χ1n) is 8.18. The molecule has 0 spiro atoms. The van der Waals surface area contributed by atoms with Gasteiger partial charge in [0, 0.05) is 35.6 Å². The Balaban J connectivity index is 1.38. The summed E-state index contributed by atoms with van der Waals surface area (Å²) in [6.07, 6.45) is 4.42. The van der Waals surface area contributed by atoms with Crippen molar-refractivity contribution in [2.45, 2.75) is 19.4 Å². The van der Waals surface area contributed by atoms with E-state index in [0.717, 1.165) is 16.3 Å². The molecule has 0 aliphatic carbocycles. The van der Waals surface area contributed by atoms with E-state index in [0.29, 0.717) is 28.8 Å². The van der Waals surface area contributed by atoms with Crippen molar-refractivity contribution >= 4 is 40.5 Å². The van der Waals surface area contributed by atoms with Crippen molar-refractivity contribution in [1.82, 2.24) is 14.8 Å². The van der Waals surface area contributed by atoms with Gasteiger partial charge in [-0.25, -0.2) is 4.98 Å². The molecule has 1 aromatic carbocycles. The second-order valence-electron chi connectivity index (χ2n) is 5.73. The topological polar surface area (TPSA) is 66.2 Å². The minimum absolute atomic E-state index is 0.152. The standard InChI is InChI=1S/C18H17Cl2N3O3S/c1-23-9-12(8-21-23)18-22-14(11-27-18)10-26-17(24)3-2-6-25-16-5-4-13(19)7-15(16)20/h4-5,7-9,11H,2-3,6,10H2,1H3. The summed E-state index contributed by atoms with van der Waals surface area (Å²) in [5.74, 6) is 0.247. The third-order valence-electron chi connectivity index (χ3n) is 3.56. The Morgan fingerprint density at radius 2 is 2.19 bits per heavy atom. The van der Waals surface area contributed by atoms with Crippen LogP contribution >= 0.6 is 34.5 Å². The van der Waals surface area contributed by atoms with Crippen LogP contribution < -0.4 is 4.74 Å². The van der Waals surface area contributed by atoms with E-state index in [2.05, 4.69) is 10.1 Å². The monoisotopic (exact) mass is 425 g/mol. The van der Waals surface area contributed by atoms with Gasteiger partial charge in [-0.3, -0.25) is 9.48 Å². The van der Waals surface area contributed by atoms with Crippen LogP contribution in [0, 0.1) is 0 Å². The van der Waals surface area contributed by atoms with Crippen LogP contribution in [0.1, 0.15) is 18.5 Å². The zero-order valence-electron chi connectivity index (χ0n) is 14.5. The second kappa shape index (κ2) is 9.21. The molecule has 0 atom stereocenters.